The molecule has 14 nitrogen and oxygen atoms in total. The van der Waals surface area contributed by atoms with E-state index in [2.05, 4.69) is 10.6 Å². The van der Waals surface area contributed by atoms with Gasteiger partial charge in [0.1, 0.15) is 12.4 Å². The molecule has 234 valence electrons. The van der Waals surface area contributed by atoms with Crippen LogP contribution in [-0.4, -0.2) is 82.3 Å². The van der Waals surface area contributed by atoms with Gasteiger partial charge >= 0.3 is 11.9 Å². The lowest BCUT2D eigenvalue weighted by Crippen LogP contribution is -2.42. The highest BCUT2D eigenvalue weighted by Gasteiger charge is 2.34. The van der Waals surface area contributed by atoms with Gasteiger partial charge in [0.25, 0.3) is 11.8 Å². The lowest BCUT2D eigenvalue weighted by atomic mass is 9.97. The largest absolute Gasteiger partial charge is 0.479 e. The minimum atomic E-state index is -1.26. The van der Waals surface area contributed by atoms with E-state index in [1.165, 1.54) is 24.3 Å². The molecule has 4 N–H and O–H groups in total. The van der Waals surface area contributed by atoms with Crippen LogP contribution in [0.15, 0.2) is 30.4 Å². The van der Waals surface area contributed by atoms with E-state index in [0.29, 0.717) is 5.56 Å². The first kappa shape index (κ1) is 33.2. The summed E-state index contributed by atoms with van der Waals surface area (Å²) in [5.41, 5.74) is 0.00129. The molecule has 43 heavy (non-hydrogen) atoms. The summed E-state index contributed by atoms with van der Waals surface area (Å²) < 4.78 is 16.6. The van der Waals surface area contributed by atoms with Gasteiger partial charge in [-0.2, -0.15) is 0 Å². The topological polar surface area (TPSA) is 198 Å². The van der Waals surface area contributed by atoms with Crippen molar-refractivity contribution >= 4 is 41.3 Å². The molecule has 1 fully saturated rings. The number of aliphatic hydroxyl groups excluding tert-OH is 1. The van der Waals surface area contributed by atoms with Gasteiger partial charge in [-0.25, -0.2) is 4.79 Å². The van der Waals surface area contributed by atoms with Crippen molar-refractivity contribution in [1.82, 2.24) is 10.2 Å². The van der Waals surface area contributed by atoms with Crippen molar-refractivity contribution < 1.29 is 53.2 Å². The van der Waals surface area contributed by atoms with E-state index in [0.717, 1.165) is 4.90 Å². The Morgan fingerprint density at radius 2 is 1.74 bits per heavy atom. The quantitative estimate of drug-likeness (QED) is 0.187. The first-order chi connectivity index (χ1) is 20.2. The molecule has 0 radical (unpaired) electrons. The van der Waals surface area contributed by atoms with Crippen molar-refractivity contribution in [2.75, 3.05) is 18.4 Å². The standard InChI is InChI=1S/C29H37N3O11/c1-29(2,3)28(40)41-16-17-6-7-20(42-26-15-18(33)14-21(43-26)27(38)39)19(13-17)31-23(35)10-11-30-22(34)5-4-12-32-24(36)8-9-25(32)37/h6-9,13,18,21,26,33H,4-5,10-12,14-16H2,1-3H3,(H,30,34)(H,31,35)(H,38,39). The van der Waals surface area contributed by atoms with Crippen molar-refractivity contribution in [1.29, 1.82) is 0 Å². The van der Waals surface area contributed by atoms with Crippen LogP contribution in [0.2, 0.25) is 0 Å². The third-order valence-corrected chi connectivity index (χ3v) is 6.46. The Balaban J connectivity index is 1.58. The molecular formula is C29H37N3O11. The zero-order valence-electron chi connectivity index (χ0n) is 24.3. The lowest BCUT2D eigenvalue weighted by molar-refractivity contribution is -0.195. The van der Waals surface area contributed by atoms with Gasteiger partial charge in [0.2, 0.25) is 18.1 Å². The highest BCUT2D eigenvalue weighted by atomic mass is 16.7. The van der Waals surface area contributed by atoms with Gasteiger partial charge in [0, 0.05) is 50.9 Å². The number of carbonyl (C=O) groups excluding carboxylic acids is 5. The van der Waals surface area contributed by atoms with Crippen LogP contribution >= 0.6 is 0 Å². The van der Waals surface area contributed by atoms with Crippen molar-refractivity contribution in [3.05, 3.63) is 35.9 Å². The number of ether oxygens (including phenoxy) is 3. The Labute approximate surface area is 248 Å². The molecule has 0 aromatic heterocycles. The summed E-state index contributed by atoms with van der Waals surface area (Å²) in [6.07, 6.45) is -0.869. The molecule has 3 rings (SSSR count). The first-order valence-corrected chi connectivity index (χ1v) is 13.9. The summed E-state index contributed by atoms with van der Waals surface area (Å²) in [5.74, 6) is -3.21. The Hall–Kier alpha value is -4.30. The molecule has 1 aromatic rings. The highest BCUT2D eigenvalue weighted by molar-refractivity contribution is 6.12. The highest BCUT2D eigenvalue weighted by Crippen LogP contribution is 2.31. The van der Waals surface area contributed by atoms with E-state index >= 15 is 0 Å². The predicted molar refractivity (Wildman–Crippen MR) is 149 cm³/mol. The Kier molecular flexibility index (Phi) is 11.4. The van der Waals surface area contributed by atoms with Gasteiger partial charge in [-0.15, -0.1) is 0 Å². The maximum atomic E-state index is 12.8. The second-order valence-corrected chi connectivity index (χ2v) is 11.2. The monoisotopic (exact) mass is 603 g/mol. The number of esters is 1. The van der Waals surface area contributed by atoms with E-state index in [1.54, 1.807) is 26.8 Å². The molecule has 0 saturated carbocycles. The SMILES string of the molecule is CC(C)(C)C(=O)OCc1ccc(OC2CC(O)CC(C(=O)O)O2)c(NC(=O)CCNC(=O)CCCN2C(=O)C=CC2=O)c1. The summed E-state index contributed by atoms with van der Waals surface area (Å²) in [6, 6.07) is 4.64. The average Bonchev–Trinajstić information content (AvgIpc) is 3.24. The van der Waals surface area contributed by atoms with Gasteiger partial charge in [0.05, 0.1) is 17.2 Å². The zero-order valence-corrected chi connectivity index (χ0v) is 24.3. The number of carboxylic acids is 1. The molecule has 1 aromatic carbocycles. The third-order valence-electron chi connectivity index (χ3n) is 6.46. The molecule has 14 heteroatoms. The number of aliphatic hydroxyl groups is 1. The number of imide groups is 1. The summed E-state index contributed by atoms with van der Waals surface area (Å²) >= 11 is 0. The molecule has 4 amide bonds. The number of anilines is 1. The van der Waals surface area contributed by atoms with Gasteiger partial charge < -0.3 is 35.1 Å². The fourth-order valence-electron chi connectivity index (χ4n) is 4.13. The number of hydrogen-bond acceptors (Lipinski definition) is 10. The number of amides is 4. The van der Waals surface area contributed by atoms with Crippen molar-refractivity contribution in [2.45, 2.75) is 78.0 Å². The lowest BCUT2D eigenvalue weighted by Gasteiger charge is -2.31. The molecule has 2 aliphatic heterocycles. The minimum Gasteiger partial charge on any atom is -0.479 e. The van der Waals surface area contributed by atoms with Crippen LogP contribution in [-0.2, 0) is 44.8 Å². The van der Waals surface area contributed by atoms with Crippen LogP contribution < -0.4 is 15.4 Å². The van der Waals surface area contributed by atoms with Crippen molar-refractivity contribution in [3.63, 3.8) is 0 Å². The number of carboxylic acid groups (broad SMARTS) is 1. The number of hydrogen-bond donors (Lipinski definition) is 4. The molecule has 2 heterocycles. The molecule has 0 aliphatic carbocycles. The Morgan fingerprint density at radius 1 is 1.05 bits per heavy atom. The van der Waals surface area contributed by atoms with Crippen LogP contribution in [0.25, 0.3) is 0 Å². The Morgan fingerprint density at radius 3 is 2.40 bits per heavy atom. The third kappa shape index (κ3) is 10.2. The normalized spacial score (nSPS) is 20.1. The van der Waals surface area contributed by atoms with E-state index < -0.39 is 53.6 Å². The summed E-state index contributed by atoms with van der Waals surface area (Å²) in [7, 11) is 0. The maximum absolute atomic E-state index is 12.8. The average molecular weight is 604 g/mol. The molecule has 1 saturated heterocycles. The number of carbonyl (C=O) groups is 6. The number of nitrogens with one attached hydrogen (secondary N) is 2. The van der Waals surface area contributed by atoms with Crippen molar-refractivity contribution in [3.8, 4) is 5.75 Å². The number of benzene rings is 1. The van der Waals surface area contributed by atoms with Crippen LogP contribution in [0, 0.1) is 5.41 Å². The van der Waals surface area contributed by atoms with Gasteiger partial charge in [0.15, 0.2) is 6.10 Å². The summed E-state index contributed by atoms with van der Waals surface area (Å²) in [6.45, 7) is 5.17. The smallest absolute Gasteiger partial charge is 0.333 e. The molecule has 0 bridgehead atoms. The van der Waals surface area contributed by atoms with Gasteiger partial charge in [-0.3, -0.25) is 28.9 Å². The van der Waals surface area contributed by atoms with Gasteiger partial charge in [-0.05, 0) is 44.9 Å². The molecule has 2 aliphatic rings. The maximum Gasteiger partial charge on any atom is 0.333 e. The van der Waals surface area contributed by atoms with E-state index in [9.17, 15) is 39.0 Å². The first-order valence-electron chi connectivity index (χ1n) is 13.9. The second-order valence-electron chi connectivity index (χ2n) is 11.2. The minimum absolute atomic E-state index is 0.00470. The fourth-order valence-corrected chi connectivity index (χ4v) is 4.13. The number of aliphatic carboxylic acids is 1. The number of nitrogens with zero attached hydrogens (tertiary/aromatic N) is 1. The molecule has 3 atom stereocenters. The van der Waals surface area contributed by atoms with Crippen LogP contribution in [0.5, 0.6) is 5.75 Å². The zero-order chi connectivity index (χ0) is 31.7. The van der Waals surface area contributed by atoms with Crippen LogP contribution in [0.1, 0.15) is 58.4 Å². The Bertz CT molecular complexity index is 1250. The fraction of sp³-hybridized carbons (Fsp3) is 0.517. The molecule has 3 unspecified atom stereocenters. The second kappa shape index (κ2) is 14.7. The van der Waals surface area contributed by atoms with E-state index in [4.69, 9.17) is 14.2 Å². The number of rotatable bonds is 13. The van der Waals surface area contributed by atoms with Crippen LogP contribution in [0.3, 0.4) is 0 Å². The van der Waals surface area contributed by atoms with E-state index in [1.807, 2.05) is 0 Å². The predicted octanol–water partition coefficient (Wildman–Crippen LogP) is 1.26. The molecular weight excluding hydrogens is 566 g/mol. The van der Waals surface area contributed by atoms with Crippen LogP contribution in [0.4, 0.5) is 5.69 Å². The molecule has 0 spiro atoms. The van der Waals surface area contributed by atoms with E-state index in [-0.39, 0.29) is 69.1 Å². The summed E-state index contributed by atoms with van der Waals surface area (Å²) in [5, 5.41) is 24.7. The van der Waals surface area contributed by atoms with Crippen molar-refractivity contribution in [2.24, 2.45) is 5.41 Å². The van der Waals surface area contributed by atoms with Gasteiger partial charge in [-0.1, -0.05) is 6.07 Å². The summed E-state index contributed by atoms with van der Waals surface area (Å²) in [4.78, 5) is 72.7.